The summed E-state index contributed by atoms with van der Waals surface area (Å²) in [5.74, 6) is 0.812. The fourth-order valence-electron chi connectivity index (χ4n) is 3.26. The molecule has 0 aromatic heterocycles. The molecule has 2 N–H and O–H groups in total. The van der Waals surface area contributed by atoms with Crippen LogP contribution in [0, 0.1) is 5.92 Å². The van der Waals surface area contributed by atoms with Crippen LogP contribution in [-0.2, 0) is 0 Å². The van der Waals surface area contributed by atoms with Crippen molar-refractivity contribution >= 4 is 15.9 Å². The zero-order valence-electron chi connectivity index (χ0n) is 12.0. The van der Waals surface area contributed by atoms with E-state index in [-0.39, 0.29) is 0 Å². The van der Waals surface area contributed by atoms with Gasteiger partial charge in [-0.15, -0.1) is 0 Å². The van der Waals surface area contributed by atoms with Crippen molar-refractivity contribution in [1.29, 1.82) is 0 Å². The fourth-order valence-corrected chi connectivity index (χ4v) is 3.52. The Balaban J connectivity index is 2.18. The van der Waals surface area contributed by atoms with Crippen LogP contribution >= 0.6 is 15.9 Å². The van der Waals surface area contributed by atoms with Crippen LogP contribution in [0.5, 0.6) is 0 Å². The molecule has 0 amide bonds. The average Bonchev–Trinajstić information content (AvgIpc) is 2.43. The molecule has 1 fully saturated rings. The molecule has 3 unspecified atom stereocenters. The van der Waals surface area contributed by atoms with Crippen LogP contribution in [0.2, 0.25) is 0 Å². The molecule has 0 bridgehead atoms. The molecule has 1 aromatic carbocycles. The van der Waals surface area contributed by atoms with Crippen LogP contribution in [0.4, 0.5) is 0 Å². The Morgan fingerprint density at radius 1 is 1.37 bits per heavy atom. The predicted molar refractivity (Wildman–Crippen MR) is 85.1 cm³/mol. The average molecular weight is 325 g/mol. The molecule has 2 nitrogen and oxygen atoms in total. The smallest absolute Gasteiger partial charge is 0.0348 e. The highest BCUT2D eigenvalue weighted by Gasteiger charge is 2.30. The molecule has 106 valence electrons. The lowest BCUT2D eigenvalue weighted by atomic mass is 9.89. The Hall–Kier alpha value is -0.380. The first-order valence-corrected chi connectivity index (χ1v) is 8.16. The third kappa shape index (κ3) is 3.59. The molecule has 1 aliphatic rings. The Labute approximate surface area is 125 Å². The molecule has 0 aliphatic carbocycles. The number of nitrogens with two attached hydrogens (primary N) is 1. The first kappa shape index (κ1) is 15.0. The zero-order chi connectivity index (χ0) is 13.8. The van der Waals surface area contributed by atoms with Gasteiger partial charge in [0.25, 0.3) is 0 Å². The maximum Gasteiger partial charge on any atom is 0.0348 e. The summed E-state index contributed by atoms with van der Waals surface area (Å²) in [6.07, 6.45) is 3.68. The van der Waals surface area contributed by atoms with Crippen LogP contribution < -0.4 is 5.73 Å². The van der Waals surface area contributed by atoms with E-state index in [1.165, 1.54) is 24.9 Å². The van der Waals surface area contributed by atoms with Crippen LogP contribution in [0.3, 0.4) is 0 Å². The minimum absolute atomic E-state index is 0.508. The van der Waals surface area contributed by atoms with Crippen molar-refractivity contribution in [3.63, 3.8) is 0 Å². The lowest BCUT2D eigenvalue weighted by Crippen LogP contribution is -2.47. The van der Waals surface area contributed by atoms with Gasteiger partial charge in [0.1, 0.15) is 0 Å². The monoisotopic (exact) mass is 324 g/mol. The summed E-state index contributed by atoms with van der Waals surface area (Å²) in [5.41, 5.74) is 7.42. The molecule has 2 rings (SSSR count). The van der Waals surface area contributed by atoms with Gasteiger partial charge < -0.3 is 5.73 Å². The normalized spacial score (nSPS) is 26.3. The summed E-state index contributed by atoms with van der Waals surface area (Å²) < 4.78 is 1.15. The van der Waals surface area contributed by atoms with Crippen molar-refractivity contribution in [2.24, 2.45) is 11.7 Å². The number of hydrogen-bond acceptors (Lipinski definition) is 2. The third-order valence-corrected chi connectivity index (χ3v) is 4.87. The zero-order valence-corrected chi connectivity index (χ0v) is 13.6. The Bertz CT molecular complexity index is 390. The molecule has 3 atom stereocenters. The van der Waals surface area contributed by atoms with Gasteiger partial charge in [-0.25, -0.2) is 0 Å². The van der Waals surface area contributed by atoms with Crippen molar-refractivity contribution in [2.75, 3.05) is 13.1 Å². The molecule has 0 spiro atoms. The minimum atomic E-state index is 0.508. The second-order valence-electron chi connectivity index (χ2n) is 5.73. The van der Waals surface area contributed by atoms with E-state index in [4.69, 9.17) is 5.73 Å². The van der Waals surface area contributed by atoms with Crippen LogP contribution in [0.1, 0.15) is 44.7 Å². The highest BCUT2D eigenvalue weighted by molar-refractivity contribution is 9.10. The van der Waals surface area contributed by atoms with Gasteiger partial charge in [0.05, 0.1) is 0 Å². The number of rotatable bonds is 4. The molecule has 0 saturated carbocycles. The lowest BCUT2D eigenvalue weighted by molar-refractivity contribution is 0.0733. The largest absolute Gasteiger partial charge is 0.329 e. The molecule has 19 heavy (non-hydrogen) atoms. The number of piperidine rings is 1. The van der Waals surface area contributed by atoms with Crippen molar-refractivity contribution in [3.05, 3.63) is 34.3 Å². The van der Waals surface area contributed by atoms with E-state index in [9.17, 15) is 0 Å². The first-order chi connectivity index (χ1) is 9.15. The second-order valence-corrected chi connectivity index (χ2v) is 6.65. The van der Waals surface area contributed by atoms with Crippen molar-refractivity contribution < 1.29 is 0 Å². The summed E-state index contributed by atoms with van der Waals surface area (Å²) in [6, 6.07) is 9.81. The van der Waals surface area contributed by atoms with Crippen LogP contribution in [0.25, 0.3) is 0 Å². The van der Waals surface area contributed by atoms with E-state index in [1.807, 2.05) is 0 Å². The van der Waals surface area contributed by atoms with Gasteiger partial charge >= 0.3 is 0 Å². The lowest BCUT2D eigenvalue weighted by Gasteiger charge is -2.43. The molecule has 1 aromatic rings. The molecular formula is C16H25BrN2. The molecular weight excluding hydrogens is 300 g/mol. The highest BCUT2D eigenvalue weighted by Crippen LogP contribution is 2.33. The summed E-state index contributed by atoms with van der Waals surface area (Å²) in [6.45, 7) is 6.58. The summed E-state index contributed by atoms with van der Waals surface area (Å²) in [4.78, 5) is 2.63. The summed E-state index contributed by atoms with van der Waals surface area (Å²) in [5, 5.41) is 0. The predicted octanol–water partition coefficient (Wildman–Crippen LogP) is 3.96. The van der Waals surface area contributed by atoms with Gasteiger partial charge in [0.2, 0.25) is 0 Å². The van der Waals surface area contributed by atoms with E-state index in [0.29, 0.717) is 12.1 Å². The quantitative estimate of drug-likeness (QED) is 0.908. The van der Waals surface area contributed by atoms with E-state index >= 15 is 0 Å². The van der Waals surface area contributed by atoms with Crippen LogP contribution in [-0.4, -0.2) is 24.0 Å². The molecule has 0 radical (unpaired) electrons. The third-order valence-electron chi connectivity index (χ3n) is 4.34. The van der Waals surface area contributed by atoms with Crippen molar-refractivity contribution in [1.82, 2.24) is 4.90 Å². The van der Waals surface area contributed by atoms with Gasteiger partial charge in [0, 0.05) is 23.1 Å². The molecule has 1 aliphatic heterocycles. The van der Waals surface area contributed by atoms with Crippen LogP contribution in [0.15, 0.2) is 28.7 Å². The van der Waals surface area contributed by atoms with Gasteiger partial charge in [-0.2, -0.15) is 0 Å². The van der Waals surface area contributed by atoms with Crippen molar-refractivity contribution in [3.8, 4) is 0 Å². The minimum Gasteiger partial charge on any atom is -0.329 e. The highest BCUT2D eigenvalue weighted by atomic mass is 79.9. The molecule has 1 heterocycles. The maximum absolute atomic E-state index is 6.00. The second kappa shape index (κ2) is 6.87. The van der Waals surface area contributed by atoms with E-state index in [2.05, 4.69) is 58.9 Å². The van der Waals surface area contributed by atoms with Gasteiger partial charge in [-0.3, -0.25) is 4.90 Å². The number of halogens is 1. The number of benzene rings is 1. The SMILES string of the molecule is CCC(c1ccc(Br)cc1)N1CCC(C)CC1CN. The number of nitrogens with zero attached hydrogens (tertiary/aromatic N) is 1. The van der Waals surface area contributed by atoms with Gasteiger partial charge in [0.15, 0.2) is 0 Å². The number of hydrogen-bond donors (Lipinski definition) is 1. The Kier molecular flexibility index (Phi) is 5.43. The van der Waals surface area contributed by atoms with Gasteiger partial charge in [-0.05, 0) is 49.4 Å². The molecule has 3 heteroatoms. The Morgan fingerprint density at radius 3 is 2.63 bits per heavy atom. The first-order valence-electron chi connectivity index (χ1n) is 7.37. The summed E-state index contributed by atoms with van der Waals surface area (Å²) >= 11 is 3.51. The summed E-state index contributed by atoms with van der Waals surface area (Å²) in [7, 11) is 0. The standard InChI is InChI=1S/C16H25BrN2/c1-3-16(13-4-6-14(17)7-5-13)19-9-8-12(2)10-15(19)11-18/h4-7,12,15-16H,3,8-11,18H2,1-2H3. The van der Waals surface area contributed by atoms with E-state index in [1.54, 1.807) is 0 Å². The van der Waals surface area contributed by atoms with Gasteiger partial charge in [-0.1, -0.05) is 41.9 Å². The topological polar surface area (TPSA) is 29.3 Å². The number of likely N-dealkylation sites (tertiary alicyclic amines) is 1. The molecule has 1 saturated heterocycles. The maximum atomic E-state index is 6.00. The van der Waals surface area contributed by atoms with Crippen molar-refractivity contribution in [2.45, 2.75) is 45.2 Å². The van der Waals surface area contributed by atoms with E-state index < -0.39 is 0 Å². The Morgan fingerprint density at radius 2 is 2.05 bits per heavy atom. The van der Waals surface area contributed by atoms with E-state index in [0.717, 1.165) is 23.4 Å². The fraction of sp³-hybridized carbons (Fsp3) is 0.625.